The third-order valence-corrected chi connectivity index (χ3v) is 5.42. The second-order valence-electron chi connectivity index (χ2n) is 8.61. The quantitative estimate of drug-likeness (QED) is 0.114. The van der Waals surface area contributed by atoms with Crippen molar-refractivity contribution < 1.29 is 39.6 Å². The van der Waals surface area contributed by atoms with Crippen molar-refractivity contribution in [2.24, 2.45) is 11.5 Å². The summed E-state index contributed by atoms with van der Waals surface area (Å²) >= 11 is 0. The highest BCUT2D eigenvalue weighted by Gasteiger charge is 2.34. The Balaban J connectivity index is 3.07. The van der Waals surface area contributed by atoms with Crippen LogP contribution in [0.25, 0.3) is 0 Å². The van der Waals surface area contributed by atoms with Crippen LogP contribution in [0.2, 0.25) is 0 Å². The highest BCUT2D eigenvalue weighted by atomic mass is 16.4. The number of phenolic OH excluding ortho intramolecular Hbond substituents is 1. The van der Waals surface area contributed by atoms with Gasteiger partial charge in [0.2, 0.25) is 17.7 Å². The fourth-order valence-electron chi connectivity index (χ4n) is 3.29. The van der Waals surface area contributed by atoms with Crippen LogP contribution in [0.15, 0.2) is 24.3 Å². The SMILES string of the molecule is CC(O)C(NC(=O)C(NC(=O)C(Cc1ccc(O)cc1)NC(=O)C(N)CCCCN)C(C)O)C(=O)O. The van der Waals surface area contributed by atoms with Gasteiger partial charge in [-0.15, -0.1) is 0 Å². The Morgan fingerprint density at radius 1 is 0.861 bits per heavy atom. The number of aliphatic hydroxyl groups excluding tert-OH is 2. The molecular weight excluding hydrogens is 474 g/mol. The van der Waals surface area contributed by atoms with Crippen LogP contribution in [-0.4, -0.2) is 87.0 Å². The minimum atomic E-state index is -1.67. The second kappa shape index (κ2) is 15.0. The van der Waals surface area contributed by atoms with Gasteiger partial charge in [-0.05, 0) is 50.9 Å². The second-order valence-corrected chi connectivity index (χ2v) is 8.61. The number of amides is 3. The van der Waals surface area contributed by atoms with Gasteiger partial charge < -0.3 is 47.8 Å². The van der Waals surface area contributed by atoms with Crippen LogP contribution < -0.4 is 27.4 Å². The van der Waals surface area contributed by atoms with E-state index < -0.39 is 60.1 Å². The number of aliphatic carboxylic acids is 1. The monoisotopic (exact) mass is 511 g/mol. The van der Waals surface area contributed by atoms with Crippen molar-refractivity contribution in [2.45, 2.75) is 75.9 Å². The molecule has 0 heterocycles. The van der Waals surface area contributed by atoms with Gasteiger partial charge in [-0.25, -0.2) is 4.79 Å². The largest absolute Gasteiger partial charge is 0.508 e. The normalized spacial score (nSPS) is 16.1. The van der Waals surface area contributed by atoms with E-state index >= 15 is 0 Å². The summed E-state index contributed by atoms with van der Waals surface area (Å²) in [5.41, 5.74) is 12.0. The fraction of sp³-hybridized carbons (Fsp3) is 0.565. The Hall–Kier alpha value is -3.26. The van der Waals surface area contributed by atoms with Crippen LogP contribution in [0.4, 0.5) is 0 Å². The summed E-state index contributed by atoms with van der Waals surface area (Å²) in [6, 6.07) is 0.500. The lowest BCUT2D eigenvalue weighted by atomic mass is 10.0. The Morgan fingerprint density at radius 2 is 1.42 bits per heavy atom. The number of nitrogens with two attached hydrogens (primary N) is 2. The maximum atomic E-state index is 13.1. The van der Waals surface area contributed by atoms with Crippen molar-refractivity contribution in [3.63, 3.8) is 0 Å². The number of nitrogens with one attached hydrogen (secondary N) is 3. The van der Waals surface area contributed by atoms with Crippen LogP contribution in [0.1, 0.15) is 38.7 Å². The standard InChI is InChI=1S/C23H37N5O8/c1-12(29)18(22(34)28-19(13(2)30)23(35)36)27-21(33)17(11-14-6-8-15(31)9-7-14)26-20(32)16(25)5-3-4-10-24/h6-9,12-13,16-19,29-31H,3-5,10-11,24-25H2,1-2H3,(H,26,32)(H,27,33)(H,28,34)(H,35,36). The summed E-state index contributed by atoms with van der Waals surface area (Å²) in [5.74, 6) is -3.99. The Kier molecular flexibility index (Phi) is 12.8. The number of hydrogen-bond acceptors (Lipinski definition) is 9. The number of carboxylic acids is 1. The highest BCUT2D eigenvalue weighted by Crippen LogP contribution is 2.12. The van der Waals surface area contributed by atoms with Crippen molar-refractivity contribution >= 4 is 23.7 Å². The van der Waals surface area contributed by atoms with E-state index in [-0.39, 0.29) is 12.2 Å². The van der Waals surface area contributed by atoms with Gasteiger partial charge in [0, 0.05) is 6.42 Å². The van der Waals surface area contributed by atoms with Crippen LogP contribution in [0, 0.1) is 0 Å². The van der Waals surface area contributed by atoms with Gasteiger partial charge in [-0.2, -0.15) is 0 Å². The lowest BCUT2D eigenvalue weighted by Crippen LogP contribution is -2.61. The smallest absolute Gasteiger partial charge is 0.328 e. The van der Waals surface area contributed by atoms with E-state index in [2.05, 4.69) is 16.0 Å². The number of carbonyl (C=O) groups is 4. The van der Waals surface area contributed by atoms with Gasteiger partial charge in [-0.1, -0.05) is 18.6 Å². The minimum Gasteiger partial charge on any atom is -0.508 e. The Bertz CT molecular complexity index is 878. The molecule has 0 aliphatic carbocycles. The predicted molar refractivity (Wildman–Crippen MR) is 129 cm³/mol. The molecule has 0 aliphatic rings. The molecule has 0 aliphatic heterocycles. The van der Waals surface area contributed by atoms with Crippen LogP contribution in [0.3, 0.4) is 0 Å². The highest BCUT2D eigenvalue weighted by molar-refractivity contribution is 5.94. The number of aromatic hydroxyl groups is 1. The molecule has 0 fully saturated rings. The lowest BCUT2D eigenvalue weighted by molar-refractivity contribution is -0.146. The molecule has 0 saturated carbocycles. The topological polar surface area (TPSA) is 237 Å². The van der Waals surface area contributed by atoms with Gasteiger partial charge in [0.05, 0.1) is 18.2 Å². The molecule has 11 N–H and O–H groups in total. The molecule has 202 valence electrons. The Morgan fingerprint density at radius 3 is 1.92 bits per heavy atom. The van der Waals surface area contributed by atoms with E-state index in [1.807, 2.05) is 0 Å². The van der Waals surface area contributed by atoms with Crippen molar-refractivity contribution in [2.75, 3.05) is 6.54 Å². The van der Waals surface area contributed by atoms with Gasteiger partial charge in [0.1, 0.15) is 17.8 Å². The van der Waals surface area contributed by atoms with Gasteiger partial charge >= 0.3 is 5.97 Å². The summed E-state index contributed by atoms with van der Waals surface area (Å²) in [5, 5.41) is 45.3. The summed E-state index contributed by atoms with van der Waals surface area (Å²) in [6.45, 7) is 2.82. The lowest BCUT2D eigenvalue weighted by Gasteiger charge is -2.27. The molecule has 6 unspecified atom stereocenters. The summed E-state index contributed by atoms with van der Waals surface area (Å²) in [6.07, 6.45) is -1.30. The molecule has 0 aromatic heterocycles. The summed E-state index contributed by atoms with van der Waals surface area (Å²) < 4.78 is 0. The number of benzene rings is 1. The van der Waals surface area contributed by atoms with E-state index in [4.69, 9.17) is 11.5 Å². The first-order valence-corrected chi connectivity index (χ1v) is 11.6. The number of rotatable bonds is 15. The van der Waals surface area contributed by atoms with Gasteiger partial charge in [0.15, 0.2) is 6.04 Å². The van der Waals surface area contributed by atoms with Crippen molar-refractivity contribution in [1.29, 1.82) is 0 Å². The number of hydrogen-bond donors (Lipinski definition) is 9. The summed E-state index contributed by atoms with van der Waals surface area (Å²) in [4.78, 5) is 49.7. The summed E-state index contributed by atoms with van der Waals surface area (Å²) in [7, 11) is 0. The van der Waals surface area contributed by atoms with E-state index in [9.17, 15) is 39.6 Å². The maximum Gasteiger partial charge on any atom is 0.328 e. The van der Waals surface area contributed by atoms with Crippen molar-refractivity contribution in [3.8, 4) is 5.75 Å². The first-order valence-electron chi connectivity index (χ1n) is 11.6. The number of phenols is 1. The van der Waals surface area contributed by atoms with E-state index in [0.717, 1.165) is 6.92 Å². The first-order chi connectivity index (χ1) is 16.9. The first kappa shape index (κ1) is 30.8. The molecule has 0 saturated heterocycles. The van der Waals surface area contributed by atoms with Crippen LogP contribution in [0.5, 0.6) is 5.75 Å². The van der Waals surface area contributed by atoms with Gasteiger partial charge in [-0.3, -0.25) is 14.4 Å². The molecule has 0 bridgehead atoms. The maximum absolute atomic E-state index is 13.1. The molecule has 0 radical (unpaired) electrons. The van der Waals surface area contributed by atoms with Crippen molar-refractivity contribution in [1.82, 2.24) is 16.0 Å². The number of carbonyl (C=O) groups excluding carboxylic acids is 3. The van der Waals surface area contributed by atoms with E-state index in [1.165, 1.54) is 19.1 Å². The molecule has 0 spiro atoms. The van der Waals surface area contributed by atoms with E-state index in [1.54, 1.807) is 12.1 Å². The average molecular weight is 512 g/mol. The molecule has 1 aromatic rings. The predicted octanol–water partition coefficient (Wildman–Crippen LogP) is -2.31. The molecule has 1 aromatic carbocycles. The third-order valence-electron chi connectivity index (χ3n) is 5.42. The van der Waals surface area contributed by atoms with Crippen LogP contribution >= 0.6 is 0 Å². The molecule has 3 amide bonds. The molecule has 13 nitrogen and oxygen atoms in total. The molecule has 6 atom stereocenters. The minimum absolute atomic E-state index is 0.00245. The zero-order valence-corrected chi connectivity index (χ0v) is 20.4. The number of aliphatic hydroxyl groups is 2. The fourth-order valence-corrected chi connectivity index (χ4v) is 3.29. The zero-order valence-electron chi connectivity index (χ0n) is 20.4. The molecule has 13 heteroatoms. The molecule has 1 rings (SSSR count). The Labute approximate surface area is 209 Å². The van der Waals surface area contributed by atoms with Crippen molar-refractivity contribution in [3.05, 3.63) is 29.8 Å². The van der Waals surface area contributed by atoms with Gasteiger partial charge in [0.25, 0.3) is 0 Å². The zero-order chi connectivity index (χ0) is 27.4. The average Bonchev–Trinajstić information content (AvgIpc) is 2.80. The third kappa shape index (κ3) is 10.2. The van der Waals surface area contributed by atoms with Crippen LogP contribution in [-0.2, 0) is 25.6 Å². The molecular formula is C23H37N5O8. The number of unbranched alkanes of at least 4 members (excludes halogenated alkanes) is 1. The van der Waals surface area contributed by atoms with E-state index in [0.29, 0.717) is 31.4 Å². The number of carboxylic acid groups (broad SMARTS) is 1. The molecule has 36 heavy (non-hydrogen) atoms.